The number of hydrogen-bond acceptors (Lipinski definition) is 3. The Morgan fingerprint density at radius 3 is 2.52 bits per heavy atom. The van der Waals surface area contributed by atoms with E-state index >= 15 is 0 Å². The first kappa shape index (κ1) is 17.7. The Kier molecular flexibility index (Phi) is 8.01. The van der Waals surface area contributed by atoms with Crippen LogP contribution in [-0.4, -0.2) is 50.1 Å². The lowest BCUT2D eigenvalue weighted by molar-refractivity contribution is 0.0929. The van der Waals surface area contributed by atoms with Crippen LogP contribution in [0.15, 0.2) is 24.3 Å². The normalized spacial score (nSPS) is 12.4. The van der Waals surface area contributed by atoms with Crippen molar-refractivity contribution in [1.29, 1.82) is 0 Å². The van der Waals surface area contributed by atoms with Crippen LogP contribution < -0.4 is 10.6 Å². The topological polar surface area (TPSA) is 44.4 Å². The van der Waals surface area contributed by atoms with Crippen LogP contribution in [0.5, 0.6) is 0 Å². The van der Waals surface area contributed by atoms with Crippen molar-refractivity contribution in [3.8, 4) is 0 Å². The van der Waals surface area contributed by atoms with E-state index in [4.69, 9.17) is 0 Å². The molecule has 0 radical (unpaired) electrons. The second kappa shape index (κ2) is 9.53. The Hall–Kier alpha value is -1.39. The van der Waals surface area contributed by atoms with Crippen LogP contribution in [0.3, 0.4) is 0 Å². The van der Waals surface area contributed by atoms with Gasteiger partial charge in [0.15, 0.2) is 0 Å². The molecule has 0 heterocycles. The maximum absolute atomic E-state index is 12.4. The molecule has 21 heavy (non-hydrogen) atoms. The third-order valence-corrected chi connectivity index (χ3v) is 3.71. The summed E-state index contributed by atoms with van der Waals surface area (Å²) in [7, 11) is 1.93. The smallest absolute Gasteiger partial charge is 0.251 e. The molecule has 1 rings (SSSR count). The van der Waals surface area contributed by atoms with Crippen LogP contribution in [0.2, 0.25) is 0 Å². The van der Waals surface area contributed by atoms with Gasteiger partial charge in [0.1, 0.15) is 0 Å². The highest BCUT2D eigenvalue weighted by atomic mass is 16.1. The molecule has 1 atom stereocenters. The summed E-state index contributed by atoms with van der Waals surface area (Å²) in [5.41, 5.74) is 1.89. The molecule has 2 N–H and O–H groups in total. The van der Waals surface area contributed by atoms with Crippen molar-refractivity contribution in [1.82, 2.24) is 15.5 Å². The molecular weight excluding hydrogens is 262 g/mol. The average Bonchev–Trinajstić information content (AvgIpc) is 2.50. The van der Waals surface area contributed by atoms with Gasteiger partial charge in [-0.15, -0.1) is 0 Å². The summed E-state index contributed by atoms with van der Waals surface area (Å²) in [6, 6.07) is 7.99. The van der Waals surface area contributed by atoms with Crippen molar-refractivity contribution in [2.24, 2.45) is 0 Å². The zero-order valence-electron chi connectivity index (χ0n) is 13.8. The van der Waals surface area contributed by atoms with E-state index in [-0.39, 0.29) is 11.9 Å². The number of carbonyl (C=O) groups excluding carboxylic acids is 1. The molecule has 0 spiro atoms. The number of nitrogens with one attached hydrogen (secondary N) is 2. The first-order valence-electron chi connectivity index (χ1n) is 7.88. The SMILES string of the molecule is CCN(CC)CC(C)NC(=O)c1ccccc1CCNC. The number of nitrogens with zero attached hydrogens (tertiary/aromatic N) is 1. The Bertz CT molecular complexity index is 430. The van der Waals surface area contributed by atoms with Gasteiger partial charge in [0.25, 0.3) is 5.91 Å². The van der Waals surface area contributed by atoms with Crippen LogP contribution in [0.4, 0.5) is 0 Å². The highest BCUT2D eigenvalue weighted by Gasteiger charge is 2.14. The minimum Gasteiger partial charge on any atom is -0.348 e. The molecule has 4 heteroatoms. The second-order valence-electron chi connectivity index (χ2n) is 5.37. The fraction of sp³-hybridized carbons (Fsp3) is 0.588. The van der Waals surface area contributed by atoms with Gasteiger partial charge in [0.2, 0.25) is 0 Å². The molecule has 118 valence electrons. The Morgan fingerprint density at radius 1 is 1.24 bits per heavy atom. The summed E-state index contributed by atoms with van der Waals surface area (Å²) in [6.07, 6.45) is 0.866. The Labute approximate surface area is 128 Å². The quantitative estimate of drug-likeness (QED) is 0.730. The molecule has 0 saturated heterocycles. The first-order chi connectivity index (χ1) is 10.1. The van der Waals surface area contributed by atoms with E-state index in [1.165, 1.54) is 0 Å². The van der Waals surface area contributed by atoms with Crippen LogP contribution in [0.1, 0.15) is 36.7 Å². The summed E-state index contributed by atoms with van der Waals surface area (Å²) in [4.78, 5) is 14.8. The molecule has 0 saturated carbocycles. The molecular formula is C17H29N3O. The van der Waals surface area contributed by atoms with E-state index < -0.39 is 0 Å². The summed E-state index contributed by atoms with van der Waals surface area (Å²) in [5, 5.41) is 6.24. The van der Waals surface area contributed by atoms with E-state index in [0.29, 0.717) is 0 Å². The number of amides is 1. The predicted molar refractivity (Wildman–Crippen MR) is 88.8 cm³/mol. The van der Waals surface area contributed by atoms with Crippen LogP contribution in [0.25, 0.3) is 0 Å². The minimum absolute atomic E-state index is 0.0290. The molecule has 1 aromatic carbocycles. The second-order valence-corrected chi connectivity index (χ2v) is 5.37. The summed E-state index contributed by atoms with van der Waals surface area (Å²) in [6.45, 7) is 10.1. The van der Waals surface area contributed by atoms with Gasteiger partial charge in [-0.2, -0.15) is 0 Å². The highest BCUT2D eigenvalue weighted by Crippen LogP contribution is 2.09. The number of hydrogen-bond donors (Lipinski definition) is 2. The number of benzene rings is 1. The fourth-order valence-corrected chi connectivity index (χ4v) is 2.44. The summed E-state index contributed by atoms with van der Waals surface area (Å²) in [5.74, 6) is 0.0290. The molecule has 4 nitrogen and oxygen atoms in total. The molecule has 0 fully saturated rings. The molecule has 0 aliphatic heterocycles. The lowest BCUT2D eigenvalue weighted by Gasteiger charge is -2.23. The summed E-state index contributed by atoms with van der Waals surface area (Å²) >= 11 is 0. The lowest BCUT2D eigenvalue weighted by Crippen LogP contribution is -2.42. The predicted octanol–water partition coefficient (Wildman–Crippen LogP) is 1.91. The third kappa shape index (κ3) is 5.86. The summed E-state index contributed by atoms with van der Waals surface area (Å²) < 4.78 is 0. The van der Waals surface area contributed by atoms with Gasteiger partial charge >= 0.3 is 0 Å². The van der Waals surface area contributed by atoms with Gasteiger partial charge in [0.05, 0.1) is 0 Å². The molecule has 0 aliphatic rings. The van der Waals surface area contributed by atoms with Crippen molar-refractivity contribution in [2.45, 2.75) is 33.2 Å². The average molecular weight is 291 g/mol. The zero-order chi connectivity index (χ0) is 15.7. The monoisotopic (exact) mass is 291 g/mol. The number of rotatable bonds is 9. The maximum Gasteiger partial charge on any atom is 0.251 e. The van der Waals surface area contributed by atoms with E-state index in [0.717, 1.165) is 43.7 Å². The molecule has 0 bridgehead atoms. The Morgan fingerprint density at radius 2 is 1.90 bits per heavy atom. The van der Waals surface area contributed by atoms with Crippen molar-refractivity contribution >= 4 is 5.91 Å². The van der Waals surface area contributed by atoms with Gasteiger partial charge in [-0.3, -0.25) is 4.79 Å². The standard InChI is InChI=1S/C17H29N3O/c1-5-20(6-2)13-14(3)19-17(21)16-10-8-7-9-15(16)11-12-18-4/h7-10,14,18H,5-6,11-13H2,1-4H3,(H,19,21). The molecule has 1 unspecified atom stereocenters. The maximum atomic E-state index is 12.4. The van der Waals surface area contributed by atoms with Crippen LogP contribution in [0, 0.1) is 0 Å². The van der Waals surface area contributed by atoms with Gasteiger partial charge in [-0.25, -0.2) is 0 Å². The van der Waals surface area contributed by atoms with Gasteiger partial charge in [-0.1, -0.05) is 32.0 Å². The van der Waals surface area contributed by atoms with E-state index in [1.54, 1.807) is 0 Å². The largest absolute Gasteiger partial charge is 0.348 e. The Balaban J connectivity index is 2.66. The third-order valence-electron chi connectivity index (χ3n) is 3.71. The fourth-order valence-electron chi connectivity index (χ4n) is 2.44. The van der Waals surface area contributed by atoms with Crippen molar-refractivity contribution in [3.05, 3.63) is 35.4 Å². The first-order valence-corrected chi connectivity index (χ1v) is 7.88. The van der Waals surface area contributed by atoms with Crippen molar-refractivity contribution in [2.75, 3.05) is 33.2 Å². The molecule has 1 amide bonds. The van der Waals surface area contributed by atoms with Crippen molar-refractivity contribution < 1.29 is 4.79 Å². The van der Waals surface area contributed by atoms with Gasteiger partial charge in [0, 0.05) is 18.2 Å². The van der Waals surface area contributed by atoms with Gasteiger partial charge in [-0.05, 0) is 51.7 Å². The molecule has 0 aliphatic carbocycles. The van der Waals surface area contributed by atoms with Crippen LogP contribution >= 0.6 is 0 Å². The van der Waals surface area contributed by atoms with E-state index in [1.807, 2.05) is 31.3 Å². The lowest BCUT2D eigenvalue weighted by atomic mass is 10.0. The number of likely N-dealkylation sites (N-methyl/N-ethyl adjacent to an activating group) is 2. The van der Waals surface area contributed by atoms with E-state index in [2.05, 4.69) is 36.3 Å². The zero-order valence-corrected chi connectivity index (χ0v) is 13.8. The minimum atomic E-state index is 0.0290. The van der Waals surface area contributed by atoms with E-state index in [9.17, 15) is 4.79 Å². The molecule has 0 aromatic heterocycles. The highest BCUT2D eigenvalue weighted by molar-refractivity contribution is 5.95. The van der Waals surface area contributed by atoms with Gasteiger partial charge < -0.3 is 15.5 Å². The molecule has 1 aromatic rings. The number of carbonyl (C=O) groups is 1. The van der Waals surface area contributed by atoms with Crippen molar-refractivity contribution in [3.63, 3.8) is 0 Å². The van der Waals surface area contributed by atoms with Crippen LogP contribution in [-0.2, 0) is 6.42 Å².